The summed E-state index contributed by atoms with van der Waals surface area (Å²) in [5.41, 5.74) is 4.73. The third kappa shape index (κ3) is 2.70. The Bertz CT molecular complexity index is 276. The van der Waals surface area contributed by atoms with E-state index in [1.165, 1.54) is 7.11 Å². The van der Waals surface area contributed by atoms with Crippen molar-refractivity contribution >= 4 is 11.9 Å². The Morgan fingerprint density at radius 1 is 1.56 bits per heavy atom. The summed E-state index contributed by atoms with van der Waals surface area (Å²) in [6.07, 6.45) is 2.12. The van der Waals surface area contributed by atoms with Crippen LogP contribution in [0.25, 0.3) is 0 Å². The van der Waals surface area contributed by atoms with Gasteiger partial charge in [0.1, 0.15) is 6.04 Å². The van der Waals surface area contributed by atoms with Crippen LogP contribution < -0.4 is 11.1 Å². The van der Waals surface area contributed by atoms with Crippen molar-refractivity contribution in [3.63, 3.8) is 0 Å². The molecule has 1 amide bonds. The number of hydrogen-bond donors (Lipinski definition) is 3. The Labute approximate surface area is 94.1 Å². The van der Waals surface area contributed by atoms with Crippen LogP contribution in [0.15, 0.2) is 0 Å². The fourth-order valence-corrected chi connectivity index (χ4v) is 1.71. The van der Waals surface area contributed by atoms with Crippen LogP contribution in [-0.4, -0.2) is 43.3 Å². The van der Waals surface area contributed by atoms with Crippen molar-refractivity contribution < 1.29 is 19.4 Å². The predicted octanol–water partition coefficient (Wildman–Crippen LogP) is -0.669. The lowest BCUT2D eigenvalue weighted by Crippen LogP contribution is -2.51. The molecule has 0 spiro atoms. The van der Waals surface area contributed by atoms with Crippen LogP contribution >= 0.6 is 0 Å². The SMILES string of the molecule is COCC(N)C(=O)NCC1(C(=O)O)CCC1. The highest BCUT2D eigenvalue weighted by molar-refractivity contribution is 5.83. The van der Waals surface area contributed by atoms with E-state index < -0.39 is 17.4 Å². The number of carbonyl (C=O) groups excluding carboxylic acids is 1. The Kier molecular flexibility index (Phi) is 4.26. The molecule has 1 atom stereocenters. The van der Waals surface area contributed by atoms with Crippen LogP contribution in [0.1, 0.15) is 19.3 Å². The lowest BCUT2D eigenvalue weighted by molar-refractivity contribution is -0.154. The lowest BCUT2D eigenvalue weighted by Gasteiger charge is -2.37. The minimum atomic E-state index is -0.848. The summed E-state index contributed by atoms with van der Waals surface area (Å²) in [4.78, 5) is 22.4. The van der Waals surface area contributed by atoms with Crippen LogP contribution in [0.4, 0.5) is 0 Å². The monoisotopic (exact) mass is 230 g/mol. The van der Waals surface area contributed by atoms with Crippen molar-refractivity contribution in [2.24, 2.45) is 11.1 Å². The molecule has 0 aromatic heterocycles. The summed E-state index contributed by atoms with van der Waals surface area (Å²) in [5.74, 6) is -1.21. The second kappa shape index (κ2) is 5.27. The molecule has 92 valence electrons. The van der Waals surface area contributed by atoms with E-state index in [1.807, 2.05) is 0 Å². The first-order chi connectivity index (χ1) is 7.52. The normalized spacial score (nSPS) is 19.6. The molecule has 0 radical (unpaired) electrons. The summed E-state index contributed by atoms with van der Waals surface area (Å²) in [5, 5.41) is 11.6. The molecular formula is C10H18N2O4. The van der Waals surface area contributed by atoms with Crippen molar-refractivity contribution in [1.29, 1.82) is 0 Å². The number of nitrogens with one attached hydrogen (secondary N) is 1. The highest BCUT2D eigenvalue weighted by atomic mass is 16.5. The molecule has 6 nitrogen and oxygen atoms in total. The van der Waals surface area contributed by atoms with Crippen LogP contribution in [0.2, 0.25) is 0 Å². The van der Waals surface area contributed by atoms with Crippen LogP contribution in [-0.2, 0) is 14.3 Å². The molecular weight excluding hydrogens is 212 g/mol. The van der Waals surface area contributed by atoms with Gasteiger partial charge < -0.3 is 20.9 Å². The topological polar surface area (TPSA) is 102 Å². The molecule has 0 heterocycles. The minimum absolute atomic E-state index is 0.131. The molecule has 6 heteroatoms. The average Bonchev–Trinajstić information content (AvgIpc) is 2.15. The van der Waals surface area contributed by atoms with E-state index >= 15 is 0 Å². The van der Waals surface area contributed by atoms with E-state index in [1.54, 1.807) is 0 Å². The molecule has 0 aromatic carbocycles. The molecule has 0 aromatic rings. The standard InChI is InChI=1S/C10H18N2O4/c1-16-5-7(11)8(13)12-6-10(9(14)15)3-2-4-10/h7H,2-6,11H2,1H3,(H,12,13)(H,14,15). The molecule has 1 fully saturated rings. The average molecular weight is 230 g/mol. The van der Waals surface area contributed by atoms with Gasteiger partial charge in [0.2, 0.25) is 5.91 Å². The molecule has 1 aliphatic carbocycles. The van der Waals surface area contributed by atoms with Gasteiger partial charge in [0, 0.05) is 13.7 Å². The van der Waals surface area contributed by atoms with Gasteiger partial charge in [0.05, 0.1) is 12.0 Å². The first kappa shape index (κ1) is 12.9. The molecule has 1 saturated carbocycles. The molecule has 16 heavy (non-hydrogen) atoms. The maximum Gasteiger partial charge on any atom is 0.311 e. The van der Waals surface area contributed by atoms with Gasteiger partial charge in [-0.25, -0.2) is 0 Å². The van der Waals surface area contributed by atoms with E-state index in [2.05, 4.69) is 5.32 Å². The highest BCUT2D eigenvalue weighted by Gasteiger charge is 2.44. The van der Waals surface area contributed by atoms with Crippen LogP contribution in [0.3, 0.4) is 0 Å². The van der Waals surface area contributed by atoms with Gasteiger partial charge in [-0.2, -0.15) is 0 Å². The first-order valence-electron chi connectivity index (χ1n) is 5.27. The quantitative estimate of drug-likeness (QED) is 0.561. The number of hydrogen-bond acceptors (Lipinski definition) is 4. The lowest BCUT2D eigenvalue weighted by atomic mass is 9.69. The zero-order valence-electron chi connectivity index (χ0n) is 9.36. The van der Waals surface area contributed by atoms with E-state index in [0.29, 0.717) is 12.8 Å². The fraction of sp³-hybridized carbons (Fsp3) is 0.800. The number of nitrogens with two attached hydrogens (primary N) is 1. The number of carboxylic acids is 1. The van der Waals surface area contributed by atoms with Crippen molar-refractivity contribution in [1.82, 2.24) is 5.32 Å². The number of rotatable bonds is 6. The van der Waals surface area contributed by atoms with Crippen molar-refractivity contribution in [2.45, 2.75) is 25.3 Å². The molecule has 0 aliphatic heterocycles. The number of carboxylic acid groups (broad SMARTS) is 1. The van der Waals surface area contributed by atoms with E-state index in [4.69, 9.17) is 15.6 Å². The van der Waals surface area contributed by atoms with Gasteiger partial charge in [-0.3, -0.25) is 9.59 Å². The Balaban J connectivity index is 2.38. The zero-order valence-corrected chi connectivity index (χ0v) is 9.36. The fourth-order valence-electron chi connectivity index (χ4n) is 1.71. The number of amides is 1. The number of carbonyl (C=O) groups is 2. The number of aliphatic carboxylic acids is 1. The van der Waals surface area contributed by atoms with Crippen molar-refractivity contribution in [2.75, 3.05) is 20.3 Å². The van der Waals surface area contributed by atoms with Crippen LogP contribution in [0.5, 0.6) is 0 Å². The second-order valence-corrected chi connectivity index (χ2v) is 4.22. The van der Waals surface area contributed by atoms with Crippen molar-refractivity contribution in [3.8, 4) is 0 Å². The van der Waals surface area contributed by atoms with Gasteiger partial charge in [0.25, 0.3) is 0 Å². The Morgan fingerprint density at radius 2 is 2.19 bits per heavy atom. The van der Waals surface area contributed by atoms with E-state index in [-0.39, 0.29) is 19.1 Å². The Morgan fingerprint density at radius 3 is 2.56 bits per heavy atom. The summed E-state index contributed by atoms with van der Waals surface area (Å²) >= 11 is 0. The van der Waals surface area contributed by atoms with Gasteiger partial charge in [-0.05, 0) is 12.8 Å². The summed E-state index contributed by atoms with van der Waals surface area (Å²) < 4.78 is 4.74. The maximum atomic E-state index is 11.4. The largest absolute Gasteiger partial charge is 0.481 e. The van der Waals surface area contributed by atoms with Gasteiger partial charge in [-0.15, -0.1) is 0 Å². The second-order valence-electron chi connectivity index (χ2n) is 4.22. The van der Waals surface area contributed by atoms with Crippen LogP contribution in [0, 0.1) is 5.41 Å². The maximum absolute atomic E-state index is 11.4. The molecule has 1 rings (SSSR count). The third-order valence-electron chi connectivity index (χ3n) is 3.05. The summed E-state index contributed by atoms with van der Waals surface area (Å²) in [6.45, 7) is 0.282. The Hall–Kier alpha value is -1.14. The molecule has 0 saturated heterocycles. The van der Waals surface area contributed by atoms with Gasteiger partial charge in [0.15, 0.2) is 0 Å². The van der Waals surface area contributed by atoms with E-state index in [0.717, 1.165) is 6.42 Å². The molecule has 0 bridgehead atoms. The minimum Gasteiger partial charge on any atom is -0.481 e. The zero-order chi connectivity index (χ0) is 12.2. The summed E-state index contributed by atoms with van der Waals surface area (Å²) in [7, 11) is 1.46. The number of ether oxygens (including phenoxy) is 1. The third-order valence-corrected chi connectivity index (χ3v) is 3.05. The molecule has 4 N–H and O–H groups in total. The van der Waals surface area contributed by atoms with Gasteiger partial charge >= 0.3 is 5.97 Å². The van der Waals surface area contributed by atoms with Gasteiger partial charge in [-0.1, -0.05) is 6.42 Å². The highest BCUT2D eigenvalue weighted by Crippen LogP contribution is 2.40. The summed E-state index contributed by atoms with van der Waals surface area (Å²) in [6, 6.07) is -0.740. The smallest absolute Gasteiger partial charge is 0.311 e. The molecule has 1 unspecified atom stereocenters. The first-order valence-corrected chi connectivity index (χ1v) is 5.27. The van der Waals surface area contributed by atoms with Crippen molar-refractivity contribution in [3.05, 3.63) is 0 Å². The number of methoxy groups -OCH3 is 1. The predicted molar refractivity (Wildman–Crippen MR) is 56.8 cm³/mol. The van der Waals surface area contributed by atoms with E-state index in [9.17, 15) is 9.59 Å². The molecule has 1 aliphatic rings.